The van der Waals surface area contributed by atoms with Crippen molar-refractivity contribution in [3.05, 3.63) is 45.4 Å². The minimum absolute atomic E-state index is 0.184. The first-order valence-electron chi connectivity index (χ1n) is 10.8. The Hall–Kier alpha value is -2.20. The molecule has 0 saturated carbocycles. The van der Waals surface area contributed by atoms with Gasteiger partial charge in [0, 0.05) is 42.8 Å². The van der Waals surface area contributed by atoms with Crippen LogP contribution in [0.25, 0.3) is 0 Å². The summed E-state index contributed by atoms with van der Waals surface area (Å²) in [6.45, 7) is 4.72. The molecule has 1 fully saturated rings. The molecule has 0 radical (unpaired) electrons. The minimum atomic E-state index is -0.285. The molecule has 10 heteroatoms. The Balaban J connectivity index is 1.53. The number of hydrogen-bond acceptors (Lipinski definition) is 6. The van der Waals surface area contributed by atoms with Gasteiger partial charge in [-0.15, -0.1) is 11.3 Å². The van der Waals surface area contributed by atoms with Crippen LogP contribution in [0.1, 0.15) is 34.8 Å². The average Bonchev–Trinajstić information content (AvgIpc) is 3.26. The normalized spacial score (nSPS) is 14.2. The molecule has 0 spiro atoms. The van der Waals surface area contributed by atoms with E-state index in [1.54, 1.807) is 41.7 Å². The maximum atomic E-state index is 12.8. The molecule has 0 atom stereocenters. The first-order chi connectivity index (χ1) is 15.5. The van der Waals surface area contributed by atoms with Crippen molar-refractivity contribution >= 4 is 40.6 Å². The van der Waals surface area contributed by atoms with Crippen LogP contribution >= 0.6 is 22.9 Å². The molecule has 1 aliphatic heterocycles. The number of amides is 3. The van der Waals surface area contributed by atoms with Crippen molar-refractivity contribution in [3.8, 4) is 0 Å². The maximum absolute atomic E-state index is 12.8. The average molecular weight is 480 g/mol. The number of nitrogens with zero attached hydrogens (tertiary/aromatic N) is 3. The van der Waals surface area contributed by atoms with Gasteiger partial charge in [0.05, 0.1) is 13.2 Å². The summed E-state index contributed by atoms with van der Waals surface area (Å²) < 4.78 is 5.14. The van der Waals surface area contributed by atoms with Crippen LogP contribution in [0.4, 0.5) is 10.5 Å². The van der Waals surface area contributed by atoms with Crippen molar-refractivity contribution in [3.63, 3.8) is 0 Å². The van der Waals surface area contributed by atoms with Gasteiger partial charge < -0.3 is 25.2 Å². The third kappa shape index (κ3) is 7.74. The van der Waals surface area contributed by atoms with E-state index < -0.39 is 0 Å². The van der Waals surface area contributed by atoms with Gasteiger partial charge >= 0.3 is 6.03 Å². The van der Waals surface area contributed by atoms with Crippen molar-refractivity contribution in [1.29, 1.82) is 0 Å². The molecule has 1 saturated heterocycles. The van der Waals surface area contributed by atoms with E-state index in [1.807, 2.05) is 0 Å². The van der Waals surface area contributed by atoms with Gasteiger partial charge in [-0.1, -0.05) is 24.1 Å². The molecule has 0 bridgehead atoms. The van der Waals surface area contributed by atoms with Crippen LogP contribution in [-0.4, -0.2) is 73.2 Å². The van der Waals surface area contributed by atoms with Crippen molar-refractivity contribution in [2.75, 3.05) is 51.8 Å². The quantitative estimate of drug-likeness (QED) is 0.542. The lowest BCUT2D eigenvalue weighted by atomic mass is 10.1. The molecule has 32 heavy (non-hydrogen) atoms. The number of hydrogen-bond donors (Lipinski definition) is 2. The zero-order valence-corrected chi connectivity index (χ0v) is 19.9. The predicted molar refractivity (Wildman–Crippen MR) is 127 cm³/mol. The number of ether oxygens (including phenoxy) is 1. The highest BCUT2D eigenvalue weighted by Gasteiger charge is 2.18. The molecule has 2 heterocycles. The highest BCUT2D eigenvalue weighted by atomic mass is 35.5. The number of anilines is 1. The van der Waals surface area contributed by atoms with Crippen LogP contribution in [0.15, 0.2) is 29.6 Å². The molecule has 1 aromatic heterocycles. The van der Waals surface area contributed by atoms with Crippen molar-refractivity contribution in [2.24, 2.45) is 0 Å². The Morgan fingerprint density at radius 3 is 2.84 bits per heavy atom. The van der Waals surface area contributed by atoms with Crippen LogP contribution in [0.2, 0.25) is 5.02 Å². The third-order valence-corrected chi connectivity index (χ3v) is 6.27. The highest BCUT2D eigenvalue weighted by molar-refractivity contribution is 7.09. The van der Waals surface area contributed by atoms with Crippen LogP contribution in [0.3, 0.4) is 0 Å². The lowest BCUT2D eigenvalue weighted by molar-refractivity contribution is 0.0942. The number of benzene rings is 1. The standard InChI is InChI=1S/C22H30ClN5O3S/c1-31-13-12-28(22(30)25-18-7-5-6-17(23)14-18)15-20-26-19(16-32-20)21(29)24-8-11-27-9-3-2-4-10-27/h5-7,14,16H,2-4,8-13,15H2,1H3,(H,24,29)(H,25,30). The number of nitrogens with one attached hydrogen (secondary N) is 2. The van der Waals surface area contributed by atoms with Gasteiger partial charge in [0.25, 0.3) is 5.91 Å². The van der Waals surface area contributed by atoms with E-state index in [0.717, 1.165) is 19.6 Å². The molecule has 0 unspecified atom stereocenters. The summed E-state index contributed by atoms with van der Waals surface area (Å²) in [4.78, 5) is 33.6. The molecule has 3 rings (SSSR count). The summed E-state index contributed by atoms with van der Waals surface area (Å²) in [6, 6.07) is 6.69. The Labute approximate surface area is 197 Å². The van der Waals surface area contributed by atoms with Gasteiger partial charge in [-0.2, -0.15) is 0 Å². The monoisotopic (exact) mass is 479 g/mol. The molecular weight excluding hydrogens is 450 g/mol. The summed E-state index contributed by atoms with van der Waals surface area (Å²) in [5.74, 6) is -0.184. The Morgan fingerprint density at radius 2 is 2.09 bits per heavy atom. The van der Waals surface area contributed by atoms with Gasteiger partial charge in [-0.05, 0) is 44.1 Å². The van der Waals surface area contributed by atoms with E-state index in [0.29, 0.717) is 41.1 Å². The summed E-state index contributed by atoms with van der Waals surface area (Å²) in [6.07, 6.45) is 3.75. The second kappa shape index (κ2) is 12.7. The number of halogens is 1. The van der Waals surface area contributed by atoms with Gasteiger partial charge in [0.2, 0.25) is 0 Å². The summed E-state index contributed by atoms with van der Waals surface area (Å²) in [5.41, 5.74) is 0.989. The third-order valence-electron chi connectivity index (χ3n) is 5.20. The van der Waals surface area contributed by atoms with Crippen molar-refractivity contribution < 1.29 is 14.3 Å². The number of rotatable bonds is 10. The number of carbonyl (C=O) groups excluding carboxylic acids is 2. The van der Waals surface area contributed by atoms with E-state index in [9.17, 15) is 9.59 Å². The molecule has 3 amide bonds. The van der Waals surface area contributed by atoms with E-state index in [-0.39, 0.29) is 18.5 Å². The second-order valence-corrected chi connectivity index (χ2v) is 9.02. The Morgan fingerprint density at radius 1 is 1.28 bits per heavy atom. The largest absolute Gasteiger partial charge is 0.383 e. The van der Waals surface area contributed by atoms with E-state index in [4.69, 9.17) is 16.3 Å². The molecule has 8 nitrogen and oxygen atoms in total. The summed E-state index contributed by atoms with van der Waals surface area (Å²) >= 11 is 7.36. The fraction of sp³-hybridized carbons (Fsp3) is 0.500. The minimum Gasteiger partial charge on any atom is -0.383 e. The molecule has 174 valence electrons. The lowest BCUT2D eigenvalue weighted by Gasteiger charge is -2.26. The van der Waals surface area contributed by atoms with Crippen molar-refractivity contribution in [1.82, 2.24) is 20.1 Å². The van der Waals surface area contributed by atoms with Gasteiger partial charge in [-0.25, -0.2) is 9.78 Å². The van der Waals surface area contributed by atoms with Crippen LogP contribution in [-0.2, 0) is 11.3 Å². The Bertz CT molecular complexity index is 888. The van der Waals surface area contributed by atoms with E-state index in [2.05, 4.69) is 20.5 Å². The molecule has 0 aliphatic carbocycles. The number of piperidine rings is 1. The van der Waals surface area contributed by atoms with E-state index in [1.165, 1.54) is 30.6 Å². The topological polar surface area (TPSA) is 86.8 Å². The second-order valence-electron chi connectivity index (χ2n) is 7.64. The fourth-order valence-electron chi connectivity index (χ4n) is 3.47. The SMILES string of the molecule is COCCN(Cc1nc(C(=O)NCCN2CCCCC2)cs1)C(=O)Nc1cccc(Cl)c1. The molecule has 1 aromatic carbocycles. The number of likely N-dealkylation sites (tertiary alicyclic amines) is 1. The van der Waals surface area contributed by atoms with Gasteiger partial charge in [0.1, 0.15) is 10.7 Å². The van der Waals surface area contributed by atoms with E-state index >= 15 is 0 Å². The van der Waals surface area contributed by atoms with Gasteiger partial charge in [-0.3, -0.25) is 4.79 Å². The zero-order valence-electron chi connectivity index (χ0n) is 18.3. The smallest absolute Gasteiger partial charge is 0.322 e. The van der Waals surface area contributed by atoms with Crippen LogP contribution < -0.4 is 10.6 Å². The molecule has 2 N–H and O–H groups in total. The maximum Gasteiger partial charge on any atom is 0.322 e. The highest BCUT2D eigenvalue weighted by Crippen LogP contribution is 2.17. The fourth-order valence-corrected chi connectivity index (χ4v) is 4.45. The van der Waals surface area contributed by atoms with Crippen LogP contribution in [0.5, 0.6) is 0 Å². The number of urea groups is 1. The van der Waals surface area contributed by atoms with Crippen LogP contribution in [0, 0.1) is 0 Å². The molecule has 1 aliphatic rings. The number of carbonyl (C=O) groups is 2. The summed E-state index contributed by atoms with van der Waals surface area (Å²) in [7, 11) is 1.59. The zero-order chi connectivity index (χ0) is 22.8. The number of thiazole rings is 1. The number of aromatic nitrogens is 1. The summed E-state index contributed by atoms with van der Waals surface area (Å²) in [5, 5.41) is 8.75. The lowest BCUT2D eigenvalue weighted by Crippen LogP contribution is -2.38. The van der Waals surface area contributed by atoms with Crippen molar-refractivity contribution in [2.45, 2.75) is 25.8 Å². The first kappa shape index (κ1) is 24.4. The Kier molecular flexibility index (Phi) is 9.73. The molecular formula is C22H30ClN5O3S. The molecule has 2 aromatic rings. The predicted octanol–water partition coefficient (Wildman–Crippen LogP) is 3.69. The number of methoxy groups -OCH3 is 1. The van der Waals surface area contributed by atoms with Gasteiger partial charge in [0.15, 0.2) is 0 Å². The first-order valence-corrected chi connectivity index (χ1v) is 12.1.